The lowest BCUT2D eigenvalue weighted by molar-refractivity contribution is 0.0314. The molecule has 136 valence electrons. The Morgan fingerprint density at radius 2 is 1.48 bits per heavy atom. The van der Waals surface area contributed by atoms with E-state index in [1.165, 1.54) is 24.0 Å². The SMILES string of the molecule is CCN(CC)CCOC(CCCCc1ccccc1)c1ccccc1. The molecule has 0 radical (unpaired) electrons. The minimum atomic E-state index is 0.215. The highest BCUT2D eigenvalue weighted by Gasteiger charge is 2.12. The third-order valence-electron chi connectivity index (χ3n) is 4.82. The summed E-state index contributed by atoms with van der Waals surface area (Å²) in [6, 6.07) is 21.4. The van der Waals surface area contributed by atoms with Crippen molar-refractivity contribution in [2.24, 2.45) is 0 Å². The Labute approximate surface area is 153 Å². The van der Waals surface area contributed by atoms with E-state index in [1.54, 1.807) is 0 Å². The monoisotopic (exact) mass is 339 g/mol. The molecule has 0 aliphatic heterocycles. The first-order valence-corrected chi connectivity index (χ1v) is 9.76. The van der Waals surface area contributed by atoms with Crippen molar-refractivity contribution in [2.75, 3.05) is 26.2 Å². The minimum Gasteiger partial charge on any atom is -0.372 e. The van der Waals surface area contributed by atoms with Gasteiger partial charge in [-0.15, -0.1) is 0 Å². The van der Waals surface area contributed by atoms with Crippen LogP contribution in [-0.2, 0) is 11.2 Å². The van der Waals surface area contributed by atoms with Gasteiger partial charge in [-0.2, -0.15) is 0 Å². The van der Waals surface area contributed by atoms with E-state index in [1.807, 2.05) is 0 Å². The summed E-state index contributed by atoms with van der Waals surface area (Å²) in [5.41, 5.74) is 2.74. The van der Waals surface area contributed by atoms with Crippen molar-refractivity contribution in [3.05, 3.63) is 71.8 Å². The molecule has 0 heterocycles. The van der Waals surface area contributed by atoms with Crippen molar-refractivity contribution >= 4 is 0 Å². The van der Waals surface area contributed by atoms with E-state index in [4.69, 9.17) is 4.74 Å². The van der Waals surface area contributed by atoms with Crippen molar-refractivity contribution in [1.82, 2.24) is 4.90 Å². The van der Waals surface area contributed by atoms with Crippen LogP contribution >= 0.6 is 0 Å². The number of rotatable bonds is 12. The molecule has 2 heteroatoms. The van der Waals surface area contributed by atoms with Gasteiger partial charge in [-0.25, -0.2) is 0 Å². The number of unbranched alkanes of at least 4 members (excludes halogenated alkanes) is 1. The fraction of sp³-hybridized carbons (Fsp3) is 0.478. The van der Waals surface area contributed by atoms with Gasteiger partial charge in [0.15, 0.2) is 0 Å². The first-order chi connectivity index (χ1) is 12.3. The number of hydrogen-bond acceptors (Lipinski definition) is 2. The quantitative estimate of drug-likeness (QED) is 0.473. The predicted molar refractivity (Wildman–Crippen MR) is 107 cm³/mol. The van der Waals surface area contributed by atoms with Crippen molar-refractivity contribution in [2.45, 2.75) is 45.6 Å². The lowest BCUT2D eigenvalue weighted by atomic mass is 10.0. The highest BCUT2D eigenvalue weighted by atomic mass is 16.5. The lowest BCUT2D eigenvalue weighted by Gasteiger charge is -2.22. The second kappa shape index (κ2) is 11.8. The van der Waals surface area contributed by atoms with E-state index >= 15 is 0 Å². The second-order valence-corrected chi connectivity index (χ2v) is 6.53. The van der Waals surface area contributed by atoms with E-state index in [9.17, 15) is 0 Å². The molecule has 0 spiro atoms. The Bertz CT molecular complexity index is 551. The van der Waals surface area contributed by atoms with Gasteiger partial charge in [-0.05, 0) is 43.5 Å². The van der Waals surface area contributed by atoms with E-state index < -0.39 is 0 Å². The van der Waals surface area contributed by atoms with Gasteiger partial charge in [0.1, 0.15) is 0 Å². The van der Waals surface area contributed by atoms with Crippen LogP contribution in [0.1, 0.15) is 50.3 Å². The summed E-state index contributed by atoms with van der Waals surface area (Å²) in [5, 5.41) is 0. The van der Waals surface area contributed by atoms with Gasteiger partial charge in [0.25, 0.3) is 0 Å². The van der Waals surface area contributed by atoms with Crippen LogP contribution in [0.2, 0.25) is 0 Å². The smallest absolute Gasteiger partial charge is 0.0825 e. The van der Waals surface area contributed by atoms with Gasteiger partial charge >= 0.3 is 0 Å². The predicted octanol–water partition coefficient (Wildman–Crippen LogP) is 5.50. The van der Waals surface area contributed by atoms with Gasteiger partial charge < -0.3 is 9.64 Å². The third-order valence-corrected chi connectivity index (χ3v) is 4.82. The van der Waals surface area contributed by atoms with Crippen LogP contribution in [0, 0.1) is 0 Å². The van der Waals surface area contributed by atoms with E-state index in [0.717, 1.165) is 39.1 Å². The molecule has 1 atom stereocenters. The molecule has 0 aliphatic rings. The number of hydrogen-bond donors (Lipinski definition) is 0. The summed E-state index contributed by atoms with van der Waals surface area (Å²) in [6.07, 6.45) is 4.87. The van der Waals surface area contributed by atoms with Gasteiger partial charge in [0.2, 0.25) is 0 Å². The Morgan fingerprint density at radius 1 is 0.840 bits per heavy atom. The maximum atomic E-state index is 6.27. The topological polar surface area (TPSA) is 12.5 Å². The largest absolute Gasteiger partial charge is 0.372 e. The fourth-order valence-electron chi connectivity index (χ4n) is 3.18. The highest BCUT2D eigenvalue weighted by molar-refractivity contribution is 5.17. The number of ether oxygens (including phenoxy) is 1. The molecule has 0 aliphatic carbocycles. The zero-order valence-electron chi connectivity index (χ0n) is 15.9. The Morgan fingerprint density at radius 3 is 2.12 bits per heavy atom. The summed E-state index contributed by atoms with van der Waals surface area (Å²) >= 11 is 0. The standard InChI is InChI=1S/C23H33NO/c1-3-24(4-2)19-20-25-23(22-16-9-6-10-17-22)18-12-11-15-21-13-7-5-8-14-21/h5-10,13-14,16-17,23H,3-4,11-12,15,18-20H2,1-2H3. The van der Waals surface area contributed by atoms with Crippen LogP contribution in [-0.4, -0.2) is 31.1 Å². The molecular formula is C23H33NO. The van der Waals surface area contributed by atoms with Crippen molar-refractivity contribution < 1.29 is 4.74 Å². The molecule has 0 fully saturated rings. The van der Waals surface area contributed by atoms with Crippen molar-refractivity contribution in [3.63, 3.8) is 0 Å². The minimum absolute atomic E-state index is 0.215. The normalized spacial score (nSPS) is 12.4. The molecule has 0 saturated carbocycles. The molecule has 2 aromatic rings. The molecule has 1 unspecified atom stereocenters. The van der Waals surface area contributed by atoms with Crippen LogP contribution in [0.15, 0.2) is 60.7 Å². The Balaban J connectivity index is 1.80. The molecule has 2 rings (SSSR count). The first kappa shape index (κ1) is 19.7. The molecule has 2 aromatic carbocycles. The lowest BCUT2D eigenvalue weighted by Crippen LogP contribution is -2.27. The summed E-state index contributed by atoms with van der Waals surface area (Å²) in [6.45, 7) is 8.42. The highest BCUT2D eigenvalue weighted by Crippen LogP contribution is 2.24. The van der Waals surface area contributed by atoms with Crippen LogP contribution < -0.4 is 0 Å². The molecule has 2 nitrogen and oxygen atoms in total. The molecule has 0 saturated heterocycles. The van der Waals surface area contributed by atoms with Crippen LogP contribution in [0.25, 0.3) is 0 Å². The van der Waals surface area contributed by atoms with Crippen LogP contribution in [0.3, 0.4) is 0 Å². The summed E-state index contributed by atoms with van der Waals surface area (Å²) in [5.74, 6) is 0. The Kier molecular flexibility index (Phi) is 9.32. The number of aryl methyl sites for hydroxylation is 1. The summed E-state index contributed by atoms with van der Waals surface area (Å²) in [4.78, 5) is 2.41. The first-order valence-electron chi connectivity index (χ1n) is 9.76. The molecule has 0 bridgehead atoms. The van der Waals surface area contributed by atoms with E-state index in [2.05, 4.69) is 79.4 Å². The molecule has 0 amide bonds. The number of likely N-dealkylation sites (N-methyl/N-ethyl adjacent to an activating group) is 1. The average Bonchev–Trinajstić information content (AvgIpc) is 2.68. The Hall–Kier alpha value is -1.64. The molecule has 0 N–H and O–H groups in total. The van der Waals surface area contributed by atoms with Crippen molar-refractivity contribution in [3.8, 4) is 0 Å². The summed E-state index contributed by atoms with van der Waals surface area (Å²) < 4.78 is 6.27. The number of benzene rings is 2. The average molecular weight is 340 g/mol. The van der Waals surface area contributed by atoms with Gasteiger partial charge in [0, 0.05) is 6.54 Å². The second-order valence-electron chi connectivity index (χ2n) is 6.53. The van der Waals surface area contributed by atoms with Crippen LogP contribution in [0.4, 0.5) is 0 Å². The zero-order valence-corrected chi connectivity index (χ0v) is 15.9. The molecular weight excluding hydrogens is 306 g/mol. The molecule has 25 heavy (non-hydrogen) atoms. The summed E-state index contributed by atoms with van der Waals surface area (Å²) in [7, 11) is 0. The van der Waals surface area contributed by atoms with E-state index in [0.29, 0.717) is 0 Å². The van der Waals surface area contributed by atoms with E-state index in [-0.39, 0.29) is 6.10 Å². The van der Waals surface area contributed by atoms with Crippen LogP contribution in [0.5, 0.6) is 0 Å². The van der Waals surface area contributed by atoms with Gasteiger partial charge in [0.05, 0.1) is 12.7 Å². The molecule has 0 aromatic heterocycles. The third kappa shape index (κ3) is 7.41. The maximum absolute atomic E-state index is 6.27. The van der Waals surface area contributed by atoms with Gasteiger partial charge in [-0.3, -0.25) is 0 Å². The zero-order chi connectivity index (χ0) is 17.7. The fourth-order valence-corrected chi connectivity index (χ4v) is 3.18. The van der Waals surface area contributed by atoms with Crippen molar-refractivity contribution in [1.29, 1.82) is 0 Å². The van der Waals surface area contributed by atoms with Gasteiger partial charge in [-0.1, -0.05) is 80.9 Å². The maximum Gasteiger partial charge on any atom is 0.0825 e. The number of nitrogens with zero attached hydrogens (tertiary/aromatic N) is 1.